The Bertz CT molecular complexity index is 268. The Hall–Kier alpha value is -0.610. The molecule has 1 heterocycles. The van der Waals surface area contributed by atoms with Crippen molar-refractivity contribution in [1.29, 1.82) is 0 Å². The second-order valence-corrected chi connectivity index (χ2v) is 5.92. The van der Waals surface area contributed by atoms with Crippen LogP contribution in [0.4, 0.5) is 0 Å². The molecule has 1 aliphatic carbocycles. The summed E-state index contributed by atoms with van der Waals surface area (Å²) in [7, 11) is 1.95. The summed E-state index contributed by atoms with van der Waals surface area (Å²) >= 11 is 0. The Kier molecular flexibility index (Phi) is 5.01. The number of carbonyl (C=O) groups is 1. The number of hydrogen-bond acceptors (Lipinski definition) is 3. The number of likely N-dealkylation sites (tertiary alicyclic amines) is 1. The molecule has 0 unspecified atom stereocenters. The Morgan fingerprint density at radius 3 is 2.44 bits per heavy atom. The molecule has 4 nitrogen and oxygen atoms in total. The van der Waals surface area contributed by atoms with Gasteiger partial charge in [-0.15, -0.1) is 0 Å². The number of rotatable bonds is 4. The predicted octanol–water partition coefficient (Wildman–Crippen LogP) is 1.06. The van der Waals surface area contributed by atoms with E-state index in [2.05, 4.69) is 4.90 Å². The molecular weight excluding hydrogens is 226 g/mol. The summed E-state index contributed by atoms with van der Waals surface area (Å²) in [6.45, 7) is 4.33. The molecule has 0 aromatic rings. The van der Waals surface area contributed by atoms with Gasteiger partial charge in [0.05, 0.1) is 0 Å². The lowest BCUT2D eigenvalue weighted by atomic mass is 9.85. The third kappa shape index (κ3) is 3.69. The van der Waals surface area contributed by atoms with Crippen molar-refractivity contribution in [3.63, 3.8) is 0 Å². The number of likely N-dealkylation sites (N-methyl/N-ethyl adjacent to an activating group) is 1. The second kappa shape index (κ2) is 6.53. The third-order valence-corrected chi connectivity index (χ3v) is 4.45. The average molecular weight is 253 g/mol. The molecule has 0 atom stereocenters. The summed E-state index contributed by atoms with van der Waals surface area (Å²) in [4.78, 5) is 16.7. The maximum Gasteiger partial charge on any atom is 0.225 e. The smallest absolute Gasteiger partial charge is 0.225 e. The Morgan fingerprint density at radius 2 is 1.83 bits per heavy atom. The zero-order valence-electron chi connectivity index (χ0n) is 11.6. The van der Waals surface area contributed by atoms with E-state index in [1.54, 1.807) is 0 Å². The fourth-order valence-electron chi connectivity index (χ4n) is 3.09. The minimum Gasteiger partial charge on any atom is -0.344 e. The molecule has 18 heavy (non-hydrogen) atoms. The molecule has 2 N–H and O–H groups in total. The molecule has 0 spiro atoms. The summed E-state index contributed by atoms with van der Waals surface area (Å²) in [6.07, 6.45) is 6.62. The first-order chi connectivity index (χ1) is 8.66. The van der Waals surface area contributed by atoms with Gasteiger partial charge in [0.2, 0.25) is 5.91 Å². The number of amides is 1. The van der Waals surface area contributed by atoms with Gasteiger partial charge in [-0.2, -0.15) is 0 Å². The summed E-state index contributed by atoms with van der Waals surface area (Å²) in [5.74, 6) is 0.564. The van der Waals surface area contributed by atoms with Gasteiger partial charge in [0.25, 0.3) is 0 Å². The molecule has 0 bridgehead atoms. The van der Waals surface area contributed by atoms with E-state index in [-0.39, 0.29) is 5.92 Å². The molecule has 1 amide bonds. The SMILES string of the molecule is CN(CCN1CCCC1)C(=O)C1CCC(N)CC1. The number of nitrogens with two attached hydrogens (primary N) is 1. The second-order valence-electron chi connectivity index (χ2n) is 5.92. The van der Waals surface area contributed by atoms with Gasteiger partial charge in [-0.25, -0.2) is 0 Å². The van der Waals surface area contributed by atoms with Crippen molar-refractivity contribution in [3.05, 3.63) is 0 Å². The summed E-state index contributed by atoms with van der Waals surface area (Å²) < 4.78 is 0. The number of nitrogens with zero attached hydrogens (tertiary/aromatic N) is 2. The fourth-order valence-corrected chi connectivity index (χ4v) is 3.09. The first-order valence-electron chi connectivity index (χ1n) is 7.39. The standard InChI is InChI=1S/C14H27N3O/c1-16(10-11-17-8-2-3-9-17)14(18)12-4-6-13(15)7-5-12/h12-13H,2-11,15H2,1H3. The molecule has 1 aliphatic heterocycles. The van der Waals surface area contributed by atoms with Gasteiger partial charge < -0.3 is 15.5 Å². The van der Waals surface area contributed by atoms with Crippen LogP contribution >= 0.6 is 0 Å². The van der Waals surface area contributed by atoms with Crippen LogP contribution in [0, 0.1) is 5.92 Å². The zero-order valence-corrected chi connectivity index (χ0v) is 11.6. The lowest BCUT2D eigenvalue weighted by molar-refractivity contribution is -0.135. The van der Waals surface area contributed by atoms with Crippen molar-refractivity contribution in [1.82, 2.24) is 9.80 Å². The Balaban J connectivity index is 1.70. The topological polar surface area (TPSA) is 49.6 Å². The highest BCUT2D eigenvalue weighted by atomic mass is 16.2. The number of carbonyl (C=O) groups excluding carboxylic acids is 1. The lowest BCUT2D eigenvalue weighted by Gasteiger charge is -2.29. The normalized spacial score (nSPS) is 29.4. The van der Waals surface area contributed by atoms with Crippen LogP contribution < -0.4 is 5.73 Å². The van der Waals surface area contributed by atoms with Crippen LogP contribution in [-0.2, 0) is 4.79 Å². The lowest BCUT2D eigenvalue weighted by Crippen LogP contribution is -2.40. The van der Waals surface area contributed by atoms with E-state index < -0.39 is 0 Å². The maximum atomic E-state index is 12.3. The van der Waals surface area contributed by atoms with Crippen molar-refractivity contribution in [2.24, 2.45) is 11.7 Å². The quantitative estimate of drug-likeness (QED) is 0.815. The van der Waals surface area contributed by atoms with E-state index in [9.17, 15) is 4.79 Å². The van der Waals surface area contributed by atoms with Crippen molar-refractivity contribution in [2.45, 2.75) is 44.6 Å². The van der Waals surface area contributed by atoms with Gasteiger partial charge in [0.15, 0.2) is 0 Å². The average Bonchev–Trinajstić information content (AvgIpc) is 2.89. The third-order valence-electron chi connectivity index (χ3n) is 4.45. The van der Waals surface area contributed by atoms with Gasteiger partial charge >= 0.3 is 0 Å². The Labute approximate surface area is 110 Å². The largest absolute Gasteiger partial charge is 0.344 e. The fraction of sp³-hybridized carbons (Fsp3) is 0.929. The molecule has 104 valence electrons. The van der Waals surface area contributed by atoms with Crippen LogP contribution in [0.3, 0.4) is 0 Å². The zero-order chi connectivity index (χ0) is 13.0. The molecule has 2 rings (SSSR count). The van der Waals surface area contributed by atoms with Gasteiger partial charge in [-0.1, -0.05) is 0 Å². The monoisotopic (exact) mass is 253 g/mol. The molecule has 2 aliphatic rings. The van der Waals surface area contributed by atoms with Crippen LogP contribution in [0.15, 0.2) is 0 Å². The highest BCUT2D eigenvalue weighted by Crippen LogP contribution is 2.24. The van der Waals surface area contributed by atoms with E-state index in [1.165, 1.54) is 25.9 Å². The van der Waals surface area contributed by atoms with Crippen LogP contribution in [0.25, 0.3) is 0 Å². The molecule has 1 saturated heterocycles. The maximum absolute atomic E-state index is 12.3. The van der Waals surface area contributed by atoms with Crippen molar-refractivity contribution < 1.29 is 4.79 Å². The van der Waals surface area contributed by atoms with E-state index in [4.69, 9.17) is 5.73 Å². The minimum absolute atomic E-state index is 0.230. The van der Waals surface area contributed by atoms with Crippen LogP contribution in [0.1, 0.15) is 38.5 Å². The summed E-state index contributed by atoms with van der Waals surface area (Å²) in [5, 5.41) is 0. The molecule has 4 heteroatoms. The van der Waals surface area contributed by atoms with E-state index in [0.717, 1.165) is 38.8 Å². The molecular formula is C14H27N3O. The van der Waals surface area contributed by atoms with E-state index >= 15 is 0 Å². The highest BCUT2D eigenvalue weighted by molar-refractivity contribution is 5.78. The van der Waals surface area contributed by atoms with Gasteiger partial charge in [-0.05, 0) is 51.6 Å². The highest BCUT2D eigenvalue weighted by Gasteiger charge is 2.26. The van der Waals surface area contributed by atoms with Gasteiger partial charge in [-0.3, -0.25) is 4.79 Å². The first-order valence-corrected chi connectivity index (χ1v) is 7.39. The summed E-state index contributed by atoms with van der Waals surface area (Å²) in [6, 6.07) is 0.323. The van der Waals surface area contributed by atoms with Gasteiger partial charge in [0.1, 0.15) is 0 Å². The first kappa shape index (κ1) is 13.8. The van der Waals surface area contributed by atoms with Crippen LogP contribution in [-0.4, -0.2) is 55.0 Å². The van der Waals surface area contributed by atoms with Crippen molar-refractivity contribution in [3.8, 4) is 0 Å². The van der Waals surface area contributed by atoms with E-state index in [0.29, 0.717) is 11.9 Å². The molecule has 1 saturated carbocycles. The van der Waals surface area contributed by atoms with Gasteiger partial charge in [0, 0.05) is 32.1 Å². The molecule has 2 fully saturated rings. The molecule has 0 radical (unpaired) electrons. The predicted molar refractivity (Wildman–Crippen MR) is 73.2 cm³/mol. The number of hydrogen-bond donors (Lipinski definition) is 1. The van der Waals surface area contributed by atoms with E-state index in [1.807, 2.05) is 11.9 Å². The molecule has 0 aromatic heterocycles. The van der Waals surface area contributed by atoms with Crippen LogP contribution in [0.2, 0.25) is 0 Å². The minimum atomic E-state index is 0.230. The summed E-state index contributed by atoms with van der Waals surface area (Å²) in [5.41, 5.74) is 5.88. The van der Waals surface area contributed by atoms with Crippen molar-refractivity contribution >= 4 is 5.91 Å². The van der Waals surface area contributed by atoms with Crippen molar-refractivity contribution in [2.75, 3.05) is 33.2 Å². The molecule has 0 aromatic carbocycles. The Morgan fingerprint density at radius 1 is 1.22 bits per heavy atom. The van der Waals surface area contributed by atoms with Crippen LogP contribution in [0.5, 0.6) is 0 Å².